The molecular formula is C21H15BrN2O. The zero-order valence-corrected chi connectivity index (χ0v) is 14.9. The number of carbonyl (C=O) groups excluding carboxylic acids is 1. The zero-order chi connectivity index (χ0) is 17.5. The summed E-state index contributed by atoms with van der Waals surface area (Å²) in [5.74, 6) is -0.156. The Labute approximate surface area is 154 Å². The van der Waals surface area contributed by atoms with Crippen molar-refractivity contribution in [2.45, 2.75) is 0 Å². The first-order valence-electron chi connectivity index (χ1n) is 7.76. The summed E-state index contributed by atoms with van der Waals surface area (Å²) in [7, 11) is 0. The van der Waals surface area contributed by atoms with Crippen molar-refractivity contribution in [2.24, 2.45) is 10.2 Å². The topological polar surface area (TPSA) is 41.8 Å². The first kappa shape index (κ1) is 17.0. The fourth-order valence-corrected chi connectivity index (χ4v) is 2.67. The number of hydrogen-bond acceptors (Lipinski definition) is 3. The molecule has 4 heteroatoms. The standard InChI is InChI=1S/C21H15BrN2O/c22-19-14-8-7-13-18(19)15-23-24-20(16-9-3-1-4-10-16)21(25)17-11-5-2-6-12-17/h1-15H/b23-15+,24-20+. The summed E-state index contributed by atoms with van der Waals surface area (Å²) in [6, 6.07) is 26.2. The van der Waals surface area contributed by atoms with Gasteiger partial charge in [-0.05, 0) is 6.07 Å². The molecule has 0 unspecified atom stereocenters. The Morgan fingerprint density at radius 3 is 1.96 bits per heavy atom. The molecule has 0 bridgehead atoms. The lowest BCUT2D eigenvalue weighted by Crippen LogP contribution is -2.15. The van der Waals surface area contributed by atoms with Crippen molar-refractivity contribution in [3.8, 4) is 0 Å². The van der Waals surface area contributed by atoms with E-state index in [1.54, 1.807) is 18.3 Å². The van der Waals surface area contributed by atoms with E-state index in [-0.39, 0.29) is 5.78 Å². The van der Waals surface area contributed by atoms with E-state index in [4.69, 9.17) is 0 Å². The van der Waals surface area contributed by atoms with Crippen LogP contribution >= 0.6 is 15.9 Å². The maximum Gasteiger partial charge on any atom is 0.213 e. The van der Waals surface area contributed by atoms with Gasteiger partial charge in [-0.1, -0.05) is 94.8 Å². The third kappa shape index (κ3) is 4.37. The lowest BCUT2D eigenvalue weighted by Gasteiger charge is -2.04. The summed E-state index contributed by atoms with van der Waals surface area (Å²) < 4.78 is 0.921. The van der Waals surface area contributed by atoms with Gasteiger partial charge < -0.3 is 0 Å². The van der Waals surface area contributed by atoms with E-state index in [1.807, 2.05) is 72.8 Å². The second kappa shape index (κ2) is 8.31. The van der Waals surface area contributed by atoms with Crippen molar-refractivity contribution in [1.29, 1.82) is 0 Å². The van der Waals surface area contributed by atoms with Crippen LogP contribution in [0.5, 0.6) is 0 Å². The number of rotatable bonds is 5. The molecule has 0 heterocycles. The Morgan fingerprint density at radius 2 is 1.32 bits per heavy atom. The van der Waals surface area contributed by atoms with Crippen LogP contribution in [0.1, 0.15) is 21.5 Å². The molecule has 3 aromatic carbocycles. The van der Waals surface area contributed by atoms with Gasteiger partial charge in [0.2, 0.25) is 5.78 Å². The van der Waals surface area contributed by atoms with Gasteiger partial charge in [-0.25, -0.2) is 0 Å². The number of Topliss-reactive ketones (excluding diaryl/α,β-unsaturated/α-hetero) is 1. The number of halogens is 1. The Kier molecular flexibility index (Phi) is 5.65. The van der Waals surface area contributed by atoms with Crippen molar-refractivity contribution in [3.63, 3.8) is 0 Å². The summed E-state index contributed by atoms with van der Waals surface area (Å²) in [6.45, 7) is 0. The Bertz CT molecular complexity index is 919. The molecule has 3 nitrogen and oxygen atoms in total. The highest BCUT2D eigenvalue weighted by Gasteiger charge is 2.15. The number of ketones is 1. The van der Waals surface area contributed by atoms with Gasteiger partial charge in [-0.2, -0.15) is 5.10 Å². The molecule has 25 heavy (non-hydrogen) atoms. The molecule has 0 aliphatic heterocycles. The molecule has 0 amide bonds. The quantitative estimate of drug-likeness (QED) is 0.337. The van der Waals surface area contributed by atoms with E-state index in [9.17, 15) is 4.79 Å². The normalized spacial score (nSPS) is 11.6. The molecule has 0 saturated carbocycles. The van der Waals surface area contributed by atoms with Crippen LogP contribution in [0.4, 0.5) is 0 Å². The van der Waals surface area contributed by atoms with E-state index < -0.39 is 0 Å². The van der Waals surface area contributed by atoms with Gasteiger partial charge in [0.15, 0.2) is 0 Å². The van der Waals surface area contributed by atoms with E-state index in [2.05, 4.69) is 26.1 Å². The minimum atomic E-state index is -0.156. The van der Waals surface area contributed by atoms with Gasteiger partial charge in [0.05, 0.1) is 6.21 Å². The molecule has 0 N–H and O–H groups in total. The highest BCUT2D eigenvalue weighted by Crippen LogP contribution is 2.14. The van der Waals surface area contributed by atoms with Gasteiger partial charge in [0, 0.05) is 21.2 Å². The smallest absolute Gasteiger partial charge is 0.213 e. The number of nitrogens with zero attached hydrogens (tertiary/aromatic N) is 2. The van der Waals surface area contributed by atoms with E-state index in [0.717, 1.165) is 15.6 Å². The monoisotopic (exact) mass is 390 g/mol. The van der Waals surface area contributed by atoms with Crippen molar-refractivity contribution >= 4 is 33.6 Å². The van der Waals surface area contributed by atoms with Crippen LogP contribution in [0.25, 0.3) is 0 Å². The zero-order valence-electron chi connectivity index (χ0n) is 13.3. The van der Waals surface area contributed by atoms with Crippen LogP contribution in [0.3, 0.4) is 0 Å². The average Bonchev–Trinajstić information content (AvgIpc) is 2.67. The van der Waals surface area contributed by atoms with Gasteiger partial charge in [-0.15, -0.1) is 5.10 Å². The van der Waals surface area contributed by atoms with E-state index >= 15 is 0 Å². The lowest BCUT2D eigenvalue weighted by atomic mass is 10.0. The predicted octanol–water partition coefficient (Wildman–Crippen LogP) is 5.16. The second-order valence-electron chi connectivity index (χ2n) is 5.28. The molecule has 3 aromatic rings. The van der Waals surface area contributed by atoms with Crippen LogP contribution in [-0.2, 0) is 0 Å². The third-order valence-electron chi connectivity index (χ3n) is 3.56. The van der Waals surface area contributed by atoms with E-state index in [1.165, 1.54) is 0 Å². The molecule has 0 aliphatic carbocycles. The highest BCUT2D eigenvalue weighted by atomic mass is 79.9. The maximum atomic E-state index is 12.8. The third-order valence-corrected chi connectivity index (χ3v) is 4.28. The minimum absolute atomic E-state index is 0.156. The average molecular weight is 391 g/mol. The molecule has 0 atom stereocenters. The lowest BCUT2D eigenvalue weighted by molar-refractivity contribution is 0.106. The van der Waals surface area contributed by atoms with Crippen molar-refractivity contribution in [2.75, 3.05) is 0 Å². The highest BCUT2D eigenvalue weighted by molar-refractivity contribution is 9.10. The van der Waals surface area contributed by atoms with Crippen molar-refractivity contribution in [3.05, 3.63) is 106 Å². The fourth-order valence-electron chi connectivity index (χ4n) is 2.29. The number of hydrogen-bond donors (Lipinski definition) is 0. The Balaban J connectivity index is 1.97. The molecule has 0 saturated heterocycles. The Morgan fingerprint density at radius 1 is 0.760 bits per heavy atom. The molecule has 0 aromatic heterocycles. The largest absolute Gasteiger partial charge is 0.287 e. The van der Waals surface area contributed by atoms with Gasteiger partial charge in [0.25, 0.3) is 0 Å². The summed E-state index contributed by atoms with van der Waals surface area (Å²) in [6.07, 6.45) is 1.63. The SMILES string of the molecule is O=C(/C(=N/N=C/c1ccccc1Br)c1ccccc1)c1ccccc1. The van der Waals surface area contributed by atoms with Crippen LogP contribution < -0.4 is 0 Å². The molecule has 0 spiro atoms. The van der Waals surface area contributed by atoms with E-state index in [0.29, 0.717) is 11.3 Å². The summed E-state index contributed by atoms with van der Waals surface area (Å²) in [5.41, 5.74) is 2.53. The summed E-state index contributed by atoms with van der Waals surface area (Å²) in [5, 5.41) is 8.36. The van der Waals surface area contributed by atoms with Crippen molar-refractivity contribution in [1.82, 2.24) is 0 Å². The molecular weight excluding hydrogens is 376 g/mol. The first-order chi connectivity index (χ1) is 12.3. The fraction of sp³-hybridized carbons (Fsp3) is 0. The summed E-state index contributed by atoms with van der Waals surface area (Å²) >= 11 is 3.47. The van der Waals surface area contributed by atoms with Gasteiger partial charge in [0.1, 0.15) is 5.71 Å². The summed E-state index contributed by atoms with van der Waals surface area (Å²) in [4.78, 5) is 12.8. The molecule has 0 fully saturated rings. The molecule has 0 aliphatic rings. The van der Waals surface area contributed by atoms with Gasteiger partial charge in [-0.3, -0.25) is 4.79 Å². The molecule has 3 rings (SSSR count). The second-order valence-corrected chi connectivity index (χ2v) is 6.13. The van der Waals surface area contributed by atoms with Crippen LogP contribution in [0.2, 0.25) is 0 Å². The van der Waals surface area contributed by atoms with Crippen LogP contribution in [-0.4, -0.2) is 17.7 Å². The number of benzene rings is 3. The maximum absolute atomic E-state index is 12.8. The minimum Gasteiger partial charge on any atom is -0.287 e. The van der Waals surface area contributed by atoms with Gasteiger partial charge >= 0.3 is 0 Å². The predicted molar refractivity (Wildman–Crippen MR) is 105 cm³/mol. The number of carbonyl (C=O) groups is 1. The molecule has 0 radical (unpaired) electrons. The first-order valence-corrected chi connectivity index (χ1v) is 8.56. The van der Waals surface area contributed by atoms with Crippen LogP contribution in [0.15, 0.2) is 99.6 Å². The molecule has 122 valence electrons. The van der Waals surface area contributed by atoms with Crippen molar-refractivity contribution < 1.29 is 4.79 Å². The van der Waals surface area contributed by atoms with Crippen LogP contribution in [0, 0.1) is 0 Å². The Hall–Kier alpha value is -2.85.